The summed E-state index contributed by atoms with van der Waals surface area (Å²) >= 11 is 0. The number of nitrogens with one attached hydrogen (secondary N) is 1. The van der Waals surface area contributed by atoms with E-state index in [0.29, 0.717) is 16.6 Å². The monoisotopic (exact) mass is 605 g/mol. The molecule has 5 heterocycles. The highest BCUT2D eigenvalue weighted by Crippen LogP contribution is 2.28. The highest BCUT2D eigenvalue weighted by molar-refractivity contribution is 7.90. The second-order valence-corrected chi connectivity index (χ2v) is 12.1. The van der Waals surface area contributed by atoms with E-state index in [1.54, 1.807) is 30.5 Å². The van der Waals surface area contributed by atoms with Crippen molar-refractivity contribution in [1.29, 1.82) is 0 Å². The van der Waals surface area contributed by atoms with Crippen molar-refractivity contribution < 1.29 is 27.2 Å². The van der Waals surface area contributed by atoms with E-state index in [-0.39, 0.29) is 35.9 Å². The number of imidazole rings is 1. The number of alkyl halides is 1. The Morgan fingerprint density at radius 2 is 1.91 bits per heavy atom. The van der Waals surface area contributed by atoms with Crippen LogP contribution in [0.2, 0.25) is 0 Å². The van der Waals surface area contributed by atoms with Crippen molar-refractivity contribution >= 4 is 49.9 Å². The predicted molar refractivity (Wildman–Crippen MR) is 151 cm³/mol. The van der Waals surface area contributed by atoms with Gasteiger partial charge in [0.2, 0.25) is 11.8 Å². The van der Waals surface area contributed by atoms with Crippen molar-refractivity contribution in [3.63, 3.8) is 0 Å². The van der Waals surface area contributed by atoms with Crippen molar-refractivity contribution in [1.82, 2.24) is 34.3 Å². The zero-order valence-electron chi connectivity index (χ0n) is 22.6. The molecule has 43 heavy (non-hydrogen) atoms. The van der Waals surface area contributed by atoms with Crippen LogP contribution in [0.15, 0.2) is 66.1 Å². The first-order chi connectivity index (χ1) is 20.5. The fourth-order valence-electron chi connectivity index (χ4n) is 5.13. The average Bonchev–Trinajstić information content (AvgIpc) is 3.68. The summed E-state index contributed by atoms with van der Waals surface area (Å²) in [6, 6.07) is 8.62. The van der Waals surface area contributed by atoms with Crippen LogP contribution in [0.25, 0.3) is 27.7 Å². The molecule has 1 saturated heterocycles. The Balaban J connectivity index is 1.26. The van der Waals surface area contributed by atoms with E-state index < -0.39 is 39.8 Å². The third kappa shape index (κ3) is 5.27. The minimum absolute atomic E-state index is 0.0151. The number of nitrogens with two attached hydrogens (primary N) is 1. The SMILES string of the molecule is CS(=O)(=O)c1ccc2ncc(NC(=O)C3CC(F)CN3C(=O)Cn3nc(C(N)=O)c4cc(-c5ccnnc5)ccc43)n2c1. The number of anilines is 1. The summed E-state index contributed by atoms with van der Waals surface area (Å²) in [6.07, 6.45) is 5.11. The number of aromatic nitrogens is 6. The molecule has 0 aliphatic carbocycles. The summed E-state index contributed by atoms with van der Waals surface area (Å²) in [6.45, 7) is -0.701. The second kappa shape index (κ2) is 10.5. The van der Waals surface area contributed by atoms with Gasteiger partial charge in [-0.05, 0) is 35.9 Å². The van der Waals surface area contributed by atoms with E-state index >= 15 is 0 Å². The number of likely N-dealkylation sites (tertiary alicyclic amines) is 1. The van der Waals surface area contributed by atoms with Gasteiger partial charge in [0.1, 0.15) is 30.2 Å². The zero-order valence-corrected chi connectivity index (χ0v) is 23.4. The summed E-state index contributed by atoms with van der Waals surface area (Å²) in [4.78, 5) is 44.3. The van der Waals surface area contributed by atoms with Crippen LogP contribution < -0.4 is 11.1 Å². The van der Waals surface area contributed by atoms with E-state index in [9.17, 15) is 27.2 Å². The largest absolute Gasteiger partial charge is 0.364 e. The second-order valence-electron chi connectivity index (χ2n) is 10.1. The molecular weight excluding hydrogens is 581 g/mol. The standard InChI is InChI=1S/C27H24FN9O5S/c1-43(41,42)18-3-5-22-30-11-23(36(22)13-18)33-27(40)21-9-17(28)12-35(21)24(38)14-37-20-4-2-15(16-6-7-31-32-10-16)8-19(20)25(34-37)26(29)39/h2-8,10-11,13,17,21H,9,12,14H2,1H3,(H2,29,39)(H,33,40). The van der Waals surface area contributed by atoms with Crippen molar-refractivity contribution in [2.45, 2.75) is 30.1 Å². The Bertz CT molecular complexity index is 2030. The summed E-state index contributed by atoms with van der Waals surface area (Å²) in [5.41, 5.74) is 7.82. The molecule has 16 heteroatoms. The van der Waals surface area contributed by atoms with Crippen LogP contribution in [0.4, 0.5) is 10.2 Å². The van der Waals surface area contributed by atoms with Gasteiger partial charge in [-0.3, -0.25) is 23.5 Å². The first-order valence-electron chi connectivity index (χ1n) is 13.0. The Morgan fingerprint density at radius 3 is 2.63 bits per heavy atom. The molecule has 1 aliphatic rings. The van der Waals surface area contributed by atoms with Crippen molar-refractivity contribution in [2.24, 2.45) is 5.73 Å². The normalized spacial score (nSPS) is 17.0. The number of carbonyl (C=O) groups excluding carboxylic acids is 3. The summed E-state index contributed by atoms with van der Waals surface area (Å²) in [7, 11) is -3.53. The van der Waals surface area contributed by atoms with Gasteiger partial charge >= 0.3 is 0 Å². The molecular formula is C27H24FN9O5S. The van der Waals surface area contributed by atoms with Crippen LogP contribution in [-0.4, -0.2) is 85.4 Å². The number of fused-ring (bicyclic) bond motifs is 2. The number of pyridine rings is 1. The predicted octanol–water partition coefficient (Wildman–Crippen LogP) is 1.22. The smallest absolute Gasteiger partial charge is 0.269 e. The lowest BCUT2D eigenvalue weighted by Crippen LogP contribution is -2.44. The molecule has 4 aromatic heterocycles. The molecule has 1 aliphatic heterocycles. The maximum Gasteiger partial charge on any atom is 0.269 e. The number of primary amides is 1. The lowest BCUT2D eigenvalue weighted by atomic mass is 10.0. The average molecular weight is 606 g/mol. The van der Waals surface area contributed by atoms with E-state index in [1.807, 2.05) is 0 Å². The highest BCUT2D eigenvalue weighted by Gasteiger charge is 2.40. The molecule has 1 fully saturated rings. The number of sulfone groups is 1. The molecule has 2 unspecified atom stereocenters. The lowest BCUT2D eigenvalue weighted by Gasteiger charge is -2.23. The molecule has 3 amide bonds. The maximum atomic E-state index is 14.6. The first kappa shape index (κ1) is 27.9. The third-order valence-electron chi connectivity index (χ3n) is 7.22. The molecule has 220 valence electrons. The van der Waals surface area contributed by atoms with Gasteiger partial charge < -0.3 is 16.0 Å². The molecule has 0 bridgehead atoms. The van der Waals surface area contributed by atoms with E-state index in [4.69, 9.17) is 5.73 Å². The minimum atomic E-state index is -3.53. The molecule has 0 radical (unpaired) electrons. The van der Waals surface area contributed by atoms with E-state index in [1.165, 1.54) is 39.8 Å². The number of rotatable bonds is 7. The van der Waals surface area contributed by atoms with Gasteiger partial charge in [0, 0.05) is 29.8 Å². The van der Waals surface area contributed by atoms with Gasteiger partial charge in [-0.15, -0.1) is 0 Å². The lowest BCUT2D eigenvalue weighted by molar-refractivity contribution is -0.137. The zero-order chi connectivity index (χ0) is 30.5. The van der Waals surface area contributed by atoms with E-state index in [0.717, 1.165) is 22.3 Å². The Hall–Kier alpha value is -5.25. The van der Waals surface area contributed by atoms with Gasteiger partial charge in [0.15, 0.2) is 15.5 Å². The fraction of sp³-hybridized carbons (Fsp3) is 0.222. The highest BCUT2D eigenvalue weighted by atomic mass is 32.2. The molecule has 14 nitrogen and oxygen atoms in total. The number of carbonyl (C=O) groups is 3. The van der Waals surface area contributed by atoms with Crippen LogP contribution in [-0.2, 0) is 26.0 Å². The number of hydrogen-bond acceptors (Lipinski definition) is 9. The molecule has 2 atom stereocenters. The molecule has 1 aromatic carbocycles. The summed E-state index contributed by atoms with van der Waals surface area (Å²) in [5.74, 6) is -1.90. The number of amides is 3. The quantitative estimate of drug-likeness (QED) is 0.275. The topological polar surface area (TPSA) is 188 Å². The number of benzene rings is 1. The van der Waals surface area contributed by atoms with E-state index in [2.05, 4.69) is 25.6 Å². The van der Waals surface area contributed by atoms with Gasteiger partial charge in [-0.1, -0.05) is 6.07 Å². The van der Waals surface area contributed by atoms with Gasteiger partial charge in [0.05, 0.1) is 35.5 Å². The molecule has 5 aromatic rings. The Morgan fingerprint density at radius 1 is 1.09 bits per heavy atom. The first-order valence-corrected chi connectivity index (χ1v) is 14.9. The van der Waals surface area contributed by atoms with Gasteiger partial charge in [-0.2, -0.15) is 15.3 Å². The minimum Gasteiger partial charge on any atom is -0.364 e. The van der Waals surface area contributed by atoms with Crippen molar-refractivity contribution in [3.8, 4) is 11.1 Å². The number of nitrogens with zero attached hydrogens (tertiary/aromatic N) is 7. The molecule has 3 N–H and O–H groups in total. The molecule has 0 saturated carbocycles. The molecule has 6 rings (SSSR count). The Kier molecular flexibility index (Phi) is 6.84. The van der Waals surface area contributed by atoms with Crippen LogP contribution in [0.1, 0.15) is 16.9 Å². The van der Waals surface area contributed by atoms with Gasteiger partial charge in [0.25, 0.3) is 5.91 Å². The fourth-order valence-corrected chi connectivity index (χ4v) is 5.75. The van der Waals surface area contributed by atoms with Crippen LogP contribution in [0, 0.1) is 0 Å². The molecule has 0 spiro atoms. The summed E-state index contributed by atoms with van der Waals surface area (Å²) in [5, 5.41) is 14.9. The van der Waals surface area contributed by atoms with Crippen LogP contribution in [0.5, 0.6) is 0 Å². The summed E-state index contributed by atoms with van der Waals surface area (Å²) < 4.78 is 41.3. The van der Waals surface area contributed by atoms with Crippen molar-refractivity contribution in [2.75, 3.05) is 18.1 Å². The Labute approximate surface area is 243 Å². The van der Waals surface area contributed by atoms with Gasteiger partial charge in [-0.25, -0.2) is 17.8 Å². The number of halogens is 1. The number of hydrogen-bond donors (Lipinski definition) is 2. The van der Waals surface area contributed by atoms with Crippen LogP contribution in [0.3, 0.4) is 0 Å². The maximum absolute atomic E-state index is 14.6. The third-order valence-corrected chi connectivity index (χ3v) is 8.32. The van der Waals surface area contributed by atoms with Crippen molar-refractivity contribution in [3.05, 3.63) is 66.9 Å². The van der Waals surface area contributed by atoms with Crippen LogP contribution >= 0.6 is 0 Å².